The Balaban J connectivity index is 2.05. The zero-order valence-electron chi connectivity index (χ0n) is 10.0. The Morgan fingerprint density at radius 3 is 2.82 bits per heavy atom. The molecule has 1 heterocycles. The number of carbonyl (C=O) groups excluding carboxylic acids is 1. The van der Waals surface area contributed by atoms with E-state index < -0.39 is 5.95 Å². The predicted octanol–water partition coefficient (Wildman–Crippen LogP) is 2.48. The number of pyridine rings is 1. The summed E-state index contributed by atoms with van der Waals surface area (Å²) in [6.45, 7) is 3.63. The van der Waals surface area contributed by atoms with Gasteiger partial charge in [-0.25, -0.2) is 4.98 Å². The molecule has 1 aliphatic carbocycles. The summed E-state index contributed by atoms with van der Waals surface area (Å²) in [7, 11) is 0. The number of aromatic nitrogens is 1. The zero-order chi connectivity index (χ0) is 12.3. The van der Waals surface area contributed by atoms with E-state index >= 15 is 0 Å². The zero-order valence-corrected chi connectivity index (χ0v) is 10.0. The summed E-state index contributed by atoms with van der Waals surface area (Å²) >= 11 is 0. The molecule has 0 aliphatic heterocycles. The van der Waals surface area contributed by atoms with Gasteiger partial charge in [0.15, 0.2) is 0 Å². The summed E-state index contributed by atoms with van der Waals surface area (Å²) in [4.78, 5) is 17.5. The van der Waals surface area contributed by atoms with Crippen LogP contribution in [-0.2, 0) is 0 Å². The van der Waals surface area contributed by atoms with E-state index in [9.17, 15) is 9.18 Å². The summed E-state index contributed by atoms with van der Waals surface area (Å²) in [5.74, 6) is 0.0796. The van der Waals surface area contributed by atoms with Gasteiger partial charge in [-0.3, -0.25) is 4.79 Å². The molecule has 2 rings (SSSR count). The van der Waals surface area contributed by atoms with Crippen molar-refractivity contribution in [3.05, 3.63) is 29.8 Å². The van der Waals surface area contributed by atoms with Gasteiger partial charge in [-0.1, -0.05) is 6.92 Å². The quantitative estimate of drug-likeness (QED) is 0.736. The Morgan fingerprint density at radius 2 is 2.29 bits per heavy atom. The number of rotatable bonds is 5. The Labute approximate surface area is 101 Å². The standard InChI is InChI=1S/C13H17FN2O/c1-2-7-16(9-10-3-4-10)13(17)11-5-6-12(14)15-8-11/h5-6,8,10H,2-4,7,9H2,1H3. The van der Waals surface area contributed by atoms with Crippen LogP contribution in [0.25, 0.3) is 0 Å². The molecule has 4 heteroatoms. The lowest BCUT2D eigenvalue weighted by Crippen LogP contribution is -2.33. The SMILES string of the molecule is CCCN(CC1CC1)C(=O)c1ccc(F)nc1. The van der Waals surface area contributed by atoms with Crippen LogP contribution in [0, 0.1) is 11.9 Å². The van der Waals surface area contributed by atoms with Crippen LogP contribution in [-0.4, -0.2) is 28.9 Å². The van der Waals surface area contributed by atoms with Crippen molar-refractivity contribution in [2.75, 3.05) is 13.1 Å². The van der Waals surface area contributed by atoms with Gasteiger partial charge in [0, 0.05) is 19.3 Å². The van der Waals surface area contributed by atoms with E-state index in [-0.39, 0.29) is 5.91 Å². The van der Waals surface area contributed by atoms with Gasteiger partial charge < -0.3 is 4.90 Å². The van der Waals surface area contributed by atoms with Gasteiger partial charge >= 0.3 is 0 Å². The van der Waals surface area contributed by atoms with Crippen molar-refractivity contribution in [2.24, 2.45) is 5.92 Å². The van der Waals surface area contributed by atoms with E-state index in [0.29, 0.717) is 11.5 Å². The Kier molecular flexibility index (Phi) is 3.71. The van der Waals surface area contributed by atoms with Crippen molar-refractivity contribution in [3.8, 4) is 0 Å². The maximum absolute atomic E-state index is 12.7. The number of halogens is 1. The molecule has 0 spiro atoms. The third-order valence-electron chi connectivity index (χ3n) is 2.93. The lowest BCUT2D eigenvalue weighted by molar-refractivity contribution is 0.0747. The normalized spacial score (nSPS) is 14.7. The van der Waals surface area contributed by atoms with Crippen LogP contribution in [0.4, 0.5) is 4.39 Å². The van der Waals surface area contributed by atoms with Crippen LogP contribution < -0.4 is 0 Å². The highest BCUT2D eigenvalue weighted by molar-refractivity contribution is 5.93. The average Bonchev–Trinajstić information content (AvgIpc) is 3.13. The number of hydrogen-bond acceptors (Lipinski definition) is 2. The fourth-order valence-corrected chi connectivity index (χ4v) is 1.84. The van der Waals surface area contributed by atoms with E-state index in [2.05, 4.69) is 11.9 Å². The van der Waals surface area contributed by atoms with Crippen molar-refractivity contribution in [3.63, 3.8) is 0 Å². The molecule has 1 aromatic rings. The molecule has 0 saturated heterocycles. The topological polar surface area (TPSA) is 33.2 Å². The fourth-order valence-electron chi connectivity index (χ4n) is 1.84. The Hall–Kier alpha value is -1.45. The van der Waals surface area contributed by atoms with Crippen molar-refractivity contribution in [2.45, 2.75) is 26.2 Å². The summed E-state index contributed by atoms with van der Waals surface area (Å²) in [6.07, 6.45) is 4.69. The van der Waals surface area contributed by atoms with Gasteiger partial charge in [0.25, 0.3) is 5.91 Å². The predicted molar refractivity (Wildman–Crippen MR) is 63.1 cm³/mol. The molecule has 0 N–H and O–H groups in total. The Bertz CT molecular complexity index is 387. The van der Waals surface area contributed by atoms with Gasteiger partial charge in [-0.05, 0) is 37.3 Å². The highest BCUT2D eigenvalue weighted by atomic mass is 19.1. The van der Waals surface area contributed by atoms with E-state index in [1.165, 1.54) is 31.2 Å². The van der Waals surface area contributed by atoms with E-state index in [1.807, 2.05) is 4.90 Å². The maximum Gasteiger partial charge on any atom is 0.255 e. The van der Waals surface area contributed by atoms with Gasteiger partial charge in [-0.15, -0.1) is 0 Å². The smallest absolute Gasteiger partial charge is 0.255 e. The molecule has 1 saturated carbocycles. The molecule has 0 aromatic carbocycles. The highest BCUT2D eigenvalue weighted by Crippen LogP contribution is 2.30. The first-order chi connectivity index (χ1) is 8.20. The second-order valence-electron chi connectivity index (χ2n) is 4.56. The van der Waals surface area contributed by atoms with E-state index in [4.69, 9.17) is 0 Å². The molecule has 1 aliphatic rings. The molecule has 92 valence electrons. The van der Waals surface area contributed by atoms with E-state index in [0.717, 1.165) is 19.5 Å². The summed E-state index contributed by atoms with van der Waals surface area (Å²) in [5.41, 5.74) is 0.473. The number of carbonyl (C=O) groups is 1. The third kappa shape index (κ3) is 3.25. The number of hydrogen-bond donors (Lipinski definition) is 0. The molecule has 1 fully saturated rings. The minimum Gasteiger partial charge on any atom is -0.338 e. The lowest BCUT2D eigenvalue weighted by Gasteiger charge is -2.21. The van der Waals surface area contributed by atoms with Crippen LogP contribution in [0.2, 0.25) is 0 Å². The monoisotopic (exact) mass is 236 g/mol. The van der Waals surface area contributed by atoms with Gasteiger partial charge in [0.2, 0.25) is 5.95 Å². The van der Waals surface area contributed by atoms with Crippen LogP contribution in [0.15, 0.2) is 18.3 Å². The molecule has 1 aromatic heterocycles. The third-order valence-corrected chi connectivity index (χ3v) is 2.93. The van der Waals surface area contributed by atoms with Gasteiger partial charge in [0.1, 0.15) is 0 Å². The average molecular weight is 236 g/mol. The molecule has 0 bridgehead atoms. The minimum absolute atomic E-state index is 0.0359. The Morgan fingerprint density at radius 1 is 1.53 bits per heavy atom. The summed E-state index contributed by atoms with van der Waals surface area (Å²) in [5, 5.41) is 0. The fraction of sp³-hybridized carbons (Fsp3) is 0.538. The van der Waals surface area contributed by atoms with E-state index in [1.54, 1.807) is 0 Å². The highest BCUT2D eigenvalue weighted by Gasteiger charge is 2.26. The van der Waals surface area contributed by atoms with Crippen molar-refractivity contribution < 1.29 is 9.18 Å². The molecule has 0 atom stereocenters. The summed E-state index contributed by atoms with van der Waals surface area (Å²) < 4.78 is 12.7. The minimum atomic E-state index is -0.550. The number of nitrogens with zero attached hydrogens (tertiary/aromatic N) is 2. The largest absolute Gasteiger partial charge is 0.338 e. The van der Waals surface area contributed by atoms with Gasteiger partial charge in [-0.2, -0.15) is 4.39 Å². The first-order valence-electron chi connectivity index (χ1n) is 6.11. The van der Waals surface area contributed by atoms with Crippen LogP contribution in [0.5, 0.6) is 0 Å². The number of amides is 1. The lowest BCUT2D eigenvalue weighted by atomic mass is 10.2. The van der Waals surface area contributed by atoms with Crippen LogP contribution >= 0.6 is 0 Å². The van der Waals surface area contributed by atoms with Crippen molar-refractivity contribution in [1.82, 2.24) is 9.88 Å². The van der Waals surface area contributed by atoms with Crippen LogP contribution in [0.3, 0.4) is 0 Å². The molecular weight excluding hydrogens is 219 g/mol. The molecule has 0 unspecified atom stereocenters. The maximum atomic E-state index is 12.7. The first kappa shape index (κ1) is 12.0. The second kappa shape index (κ2) is 5.25. The van der Waals surface area contributed by atoms with Crippen molar-refractivity contribution >= 4 is 5.91 Å². The first-order valence-corrected chi connectivity index (χ1v) is 6.11. The van der Waals surface area contributed by atoms with Crippen LogP contribution in [0.1, 0.15) is 36.5 Å². The van der Waals surface area contributed by atoms with Gasteiger partial charge in [0.05, 0.1) is 5.56 Å². The molecule has 3 nitrogen and oxygen atoms in total. The molecule has 1 amide bonds. The molecular formula is C13H17FN2O. The summed E-state index contributed by atoms with van der Waals surface area (Å²) in [6, 6.07) is 2.73. The second-order valence-corrected chi connectivity index (χ2v) is 4.56. The van der Waals surface area contributed by atoms with Crippen molar-refractivity contribution in [1.29, 1.82) is 0 Å². The molecule has 17 heavy (non-hydrogen) atoms. The molecule has 0 radical (unpaired) electrons.